The zero-order valence-electron chi connectivity index (χ0n) is 14.1. The van der Waals surface area contributed by atoms with Crippen LogP contribution in [-0.2, 0) is 22.9 Å². The number of H-pyrrole nitrogens is 1. The van der Waals surface area contributed by atoms with Crippen molar-refractivity contribution in [2.24, 2.45) is 11.1 Å². The van der Waals surface area contributed by atoms with Gasteiger partial charge in [-0.3, -0.25) is 4.79 Å². The first-order valence-corrected chi connectivity index (χ1v) is 10.6. The molecule has 7 heteroatoms. The van der Waals surface area contributed by atoms with Crippen LogP contribution in [0.15, 0.2) is 18.2 Å². The number of aromatic amines is 1. The van der Waals surface area contributed by atoms with E-state index in [9.17, 15) is 13.2 Å². The highest BCUT2D eigenvalue weighted by molar-refractivity contribution is 7.89. The average molecular weight is 361 g/mol. The summed E-state index contributed by atoms with van der Waals surface area (Å²) in [5.41, 5.74) is 4.38. The Morgan fingerprint density at radius 2 is 2.08 bits per heavy atom. The van der Waals surface area contributed by atoms with Gasteiger partial charge in [0.1, 0.15) is 0 Å². The summed E-state index contributed by atoms with van der Waals surface area (Å²) in [4.78, 5) is 18.0. The summed E-state index contributed by atoms with van der Waals surface area (Å²) in [5.74, 6) is -0.161. The molecule has 1 aromatic carbocycles. The molecule has 1 atom stereocenters. The molecule has 2 aliphatic rings. The smallest absolute Gasteiger partial charge is 0.253 e. The first-order chi connectivity index (χ1) is 11.9. The van der Waals surface area contributed by atoms with Gasteiger partial charge < -0.3 is 9.88 Å². The Morgan fingerprint density at radius 3 is 2.88 bits per heavy atom. The molecule has 25 heavy (non-hydrogen) atoms. The molecule has 1 fully saturated rings. The Hall–Kier alpha value is -1.86. The fraction of sp³-hybridized carbons (Fsp3) is 0.500. The number of amides is 1. The van der Waals surface area contributed by atoms with Gasteiger partial charge in [0.25, 0.3) is 5.91 Å². The van der Waals surface area contributed by atoms with Crippen molar-refractivity contribution in [2.45, 2.75) is 32.1 Å². The van der Waals surface area contributed by atoms with Crippen molar-refractivity contribution in [3.05, 3.63) is 35.0 Å². The Balaban J connectivity index is 1.54. The van der Waals surface area contributed by atoms with Gasteiger partial charge in [-0.15, -0.1) is 0 Å². The number of nitrogens with one attached hydrogen (secondary N) is 1. The molecular weight excluding hydrogens is 338 g/mol. The quantitative estimate of drug-likeness (QED) is 0.872. The van der Waals surface area contributed by atoms with Crippen LogP contribution in [-0.4, -0.2) is 43.1 Å². The second-order valence-corrected chi connectivity index (χ2v) is 8.94. The van der Waals surface area contributed by atoms with E-state index in [1.165, 1.54) is 29.5 Å². The van der Waals surface area contributed by atoms with Crippen LogP contribution in [0.4, 0.5) is 0 Å². The van der Waals surface area contributed by atoms with Crippen molar-refractivity contribution in [1.29, 1.82) is 0 Å². The molecule has 1 aromatic heterocycles. The van der Waals surface area contributed by atoms with Gasteiger partial charge in [0.15, 0.2) is 0 Å². The number of rotatable bonds is 3. The van der Waals surface area contributed by atoms with Crippen LogP contribution in [0.5, 0.6) is 0 Å². The minimum atomic E-state index is -3.50. The van der Waals surface area contributed by atoms with E-state index in [1.54, 1.807) is 4.90 Å². The summed E-state index contributed by atoms with van der Waals surface area (Å²) in [7, 11) is -3.50. The van der Waals surface area contributed by atoms with Crippen LogP contribution >= 0.6 is 0 Å². The highest BCUT2D eigenvalue weighted by Crippen LogP contribution is 2.30. The largest absolute Gasteiger partial charge is 0.358 e. The SMILES string of the molecule is NS(=O)(=O)CC1CCN(C(=O)c2ccc3c4c([nH]c3c2)CCCC4)C1. The van der Waals surface area contributed by atoms with Crippen LogP contribution in [0, 0.1) is 5.92 Å². The van der Waals surface area contributed by atoms with Crippen LogP contribution in [0.25, 0.3) is 10.9 Å². The molecular formula is C18H23N3O3S. The predicted molar refractivity (Wildman–Crippen MR) is 96.9 cm³/mol. The van der Waals surface area contributed by atoms with Gasteiger partial charge in [-0.2, -0.15) is 0 Å². The third-order valence-electron chi connectivity index (χ3n) is 5.39. The molecule has 0 bridgehead atoms. The Labute approximate surface area is 147 Å². The maximum atomic E-state index is 12.8. The highest BCUT2D eigenvalue weighted by atomic mass is 32.2. The minimum Gasteiger partial charge on any atom is -0.358 e. The van der Waals surface area contributed by atoms with Crippen molar-refractivity contribution < 1.29 is 13.2 Å². The van der Waals surface area contributed by atoms with E-state index < -0.39 is 10.0 Å². The summed E-state index contributed by atoms with van der Waals surface area (Å²) < 4.78 is 22.5. The lowest BCUT2D eigenvalue weighted by atomic mass is 9.95. The lowest BCUT2D eigenvalue weighted by molar-refractivity contribution is 0.0788. The Kier molecular flexibility index (Phi) is 4.08. The fourth-order valence-corrected chi connectivity index (χ4v) is 5.14. The molecule has 6 nitrogen and oxygen atoms in total. The molecule has 1 saturated heterocycles. The lowest BCUT2D eigenvalue weighted by Crippen LogP contribution is -2.30. The topological polar surface area (TPSA) is 96.3 Å². The number of nitrogens with zero attached hydrogens (tertiary/aromatic N) is 1. The van der Waals surface area contributed by atoms with E-state index in [2.05, 4.69) is 4.98 Å². The Morgan fingerprint density at radius 1 is 1.28 bits per heavy atom. The normalized spacial score (nSPS) is 20.8. The fourth-order valence-electron chi connectivity index (χ4n) is 4.21. The van der Waals surface area contributed by atoms with E-state index in [1.807, 2.05) is 18.2 Å². The molecule has 1 amide bonds. The maximum absolute atomic E-state index is 12.8. The van der Waals surface area contributed by atoms with E-state index in [4.69, 9.17) is 5.14 Å². The number of fused-ring (bicyclic) bond motifs is 3. The molecule has 1 aliphatic carbocycles. The van der Waals surface area contributed by atoms with Gasteiger partial charge >= 0.3 is 0 Å². The zero-order chi connectivity index (χ0) is 17.6. The number of carbonyl (C=O) groups is 1. The number of primary sulfonamides is 1. The van der Waals surface area contributed by atoms with E-state index >= 15 is 0 Å². The molecule has 0 radical (unpaired) electrons. The van der Waals surface area contributed by atoms with Crippen LogP contribution in [0.2, 0.25) is 0 Å². The number of sulfonamides is 1. The predicted octanol–water partition coefficient (Wildman–Crippen LogP) is 1.80. The van der Waals surface area contributed by atoms with Gasteiger partial charge in [0.2, 0.25) is 10.0 Å². The second kappa shape index (κ2) is 6.14. The van der Waals surface area contributed by atoms with E-state index in [0.717, 1.165) is 18.4 Å². The summed E-state index contributed by atoms with van der Waals surface area (Å²) in [6.07, 6.45) is 5.30. The molecule has 134 valence electrons. The minimum absolute atomic E-state index is 0.0357. The molecule has 3 N–H and O–H groups in total. The third kappa shape index (κ3) is 3.30. The van der Waals surface area contributed by atoms with Crippen LogP contribution in [0.3, 0.4) is 0 Å². The standard InChI is InChI=1S/C18H23N3O3S/c19-25(23,24)11-12-7-8-21(10-12)18(22)13-5-6-15-14-3-1-2-4-16(14)20-17(15)9-13/h5-6,9,12,20H,1-4,7-8,10-11H2,(H2,19,23,24). The maximum Gasteiger partial charge on any atom is 0.253 e. The molecule has 2 heterocycles. The number of hydrogen-bond acceptors (Lipinski definition) is 3. The number of carbonyl (C=O) groups excluding carboxylic acids is 1. The third-order valence-corrected chi connectivity index (χ3v) is 6.32. The number of benzene rings is 1. The van der Waals surface area contributed by atoms with Crippen molar-refractivity contribution in [2.75, 3.05) is 18.8 Å². The van der Waals surface area contributed by atoms with Crippen LogP contribution in [0.1, 0.15) is 40.9 Å². The molecule has 1 unspecified atom stereocenters. The van der Waals surface area contributed by atoms with E-state index in [0.29, 0.717) is 25.1 Å². The first kappa shape index (κ1) is 16.6. The Bertz CT molecular complexity index is 932. The summed E-state index contributed by atoms with van der Waals surface area (Å²) in [5, 5.41) is 6.34. The molecule has 0 saturated carbocycles. The van der Waals surface area contributed by atoms with Crippen molar-refractivity contribution in [3.8, 4) is 0 Å². The van der Waals surface area contributed by atoms with Gasteiger partial charge in [-0.25, -0.2) is 13.6 Å². The monoisotopic (exact) mass is 361 g/mol. The van der Waals surface area contributed by atoms with Crippen molar-refractivity contribution >= 4 is 26.8 Å². The van der Waals surface area contributed by atoms with Gasteiger partial charge in [0, 0.05) is 35.2 Å². The lowest BCUT2D eigenvalue weighted by Gasteiger charge is -2.16. The van der Waals surface area contributed by atoms with Crippen molar-refractivity contribution in [3.63, 3.8) is 0 Å². The second-order valence-electron chi connectivity index (χ2n) is 7.28. The summed E-state index contributed by atoms with van der Waals surface area (Å²) >= 11 is 0. The summed E-state index contributed by atoms with van der Waals surface area (Å²) in [6.45, 7) is 1.03. The molecule has 4 rings (SSSR count). The summed E-state index contributed by atoms with van der Waals surface area (Å²) in [6, 6.07) is 5.87. The molecule has 2 aromatic rings. The highest BCUT2D eigenvalue weighted by Gasteiger charge is 2.29. The zero-order valence-corrected chi connectivity index (χ0v) is 14.9. The number of aromatic nitrogens is 1. The van der Waals surface area contributed by atoms with E-state index in [-0.39, 0.29) is 17.6 Å². The van der Waals surface area contributed by atoms with Crippen molar-refractivity contribution in [1.82, 2.24) is 9.88 Å². The van der Waals surface area contributed by atoms with Crippen LogP contribution < -0.4 is 5.14 Å². The van der Waals surface area contributed by atoms with Gasteiger partial charge in [-0.05, 0) is 55.7 Å². The molecule has 1 aliphatic heterocycles. The molecule has 0 spiro atoms. The number of aryl methyl sites for hydroxylation is 2. The number of likely N-dealkylation sites (tertiary alicyclic amines) is 1. The first-order valence-electron chi connectivity index (χ1n) is 8.84. The number of hydrogen-bond donors (Lipinski definition) is 2. The number of nitrogens with two attached hydrogens (primary N) is 1. The van der Waals surface area contributed by atoms with Gasteiger partial charge in [0.05, 0.1) is 5.75 Å². The van der Waals surface area contributed by atoms with Gasteiger partial charge in [-0.1, -0.05) is 6.07 Å². The average Bonchev–Trinajstić information content (AvgIpc) is 3.16.